The van der Waals surface area contributed by atoms with E-state index in [1.807, 2.05) is 0 Å². The average molecular weight is 520 g/mol. The molecule has 2 heterocycles. The molecule has 3 rings (SSSR count). The zero-order valence-electron chi connectivity index (χ0n) is 19.1. The van der Waals surface area contributed by atoms with E-state index in [1.54, 1.807) is 37.7 Å². The topological polar surface area (TPSA) is 143 Å². The van der Waals surface area contributed by atoms with Gasteiger partial charge in [-0.25, -0.2) is 13.4 Å². The number of hydrogen-bond donors (Lipinski definition) is 2. The second-order valence-corrected chi connectivity index (χ2v) is 10.3. The molecule has 0 bridgehead atoms. The number of anilines is 1. The van der Waals surface area contributed by atoms with E-state index in [2.05, 4.69) is 20.4 Å². The molecule has 0 unspecified atom stereocenters. The standard InChI is InChI=1S/C22H25N5O6S2/c1-27(11-12-28)35(30,31)19-8-6-16(7-9-19)20(26-33-14-17-5-3-4-10-23-17)21(29)25-22-24-13-18(34-22)15-32-2/h3-10,13,28H,11-12,14-15H2,1-2H3,(H,24,25,29)/b26-20+. The van der Waals surface area contributed by atoms with Crippen LogP contribution in [-0.4, -0.2) is 66.7 Å². The molecule has 0 fully saturated rings. The number of thiazole rings is 1. The number of carbonyl (C=O) groups excluding carboxylic acids is 1. The van der Waals surface area contributed by atoms with E-state index >= 15 is 0 Å². The van der Waals surface area contributed by atoms with Crippen molar-refractivity contribution in [2.24, 2.45) is 5.16 Å². The molecule has 0 aliphatic carbocycles. The lowest BCUT2D eigenvalue weighted by Crippen LogP contribution is -2.29. The van der Waals surface area contributed by atoms with E-state index in [0.717, 1.165) is 9.18 Å². The van der Waals surface area contributed by atoms with Crippen molar-refractivity contribution in [2.75, 3.05) is 32.6 Å². The molecular formula is C22H25N5O6S2. The Morgan fingerprint density at radius 3 is 2.60 bits per heavy atom. The highest BCUT2D eigenvalue weighted by Crippen LogP contribution is 2.20. The zero-order valence-corrected chi connectivity index (χ0v) is 20.8. The van der Waals surface area contributed by atoms with Gasteiger partial charge >= 0.3 is 0 Å². The van der Waals surface area contributed by atoms with Crippen LogP contribution in [0.5, 0.6) is 0 Å². The van der Waals surface area contributed by atoms with Crippen molar-refractivity contribution in [2.45, 2.75) is 18.1 Å². The lowest BCUT2D eigenvalue weighted by Gasteiger charge is -2.16. The first kappa shape index (κ1) is 26.4. The van der Waals surface area contributed by atoms with E-state index < -0.39 is 15.9 Å². The highest BCUT2D eigenvalue weighted by molar-refractivity contribution is 7.89. The molecule has 0 radical (unpaired) electrons. The van der Waals surface area contributed by atoms with Crippen molar-refractivity contribution >= 4 is 38.1 Å². The summed E-state index contributed by atoms with van der Waals surface area (Å²) in [6.45, 7) is 0.0499. The molecule has 0 saturated carbocycles. The predicted molar refractivity (Wildman–Crippen MR) is 130 cm³/mol. The van der Waals surface area contributed by atoms with Gasteiger partial charge in [-0.2, -0.15) is 4.31 Å². The van der Waals surface area contributed by atoms with Crippen molar-refractivity contribution in [1.29, 1.82) is 0 Å². The number of carbonyl (C=O) groups is 1. The van der Waals surface area contributed by atoms with Crippen LogP contribution >= 0.6 is 11.3 Å². The molecule has 35 heavy (non-hydrogen) atoms. The van der Waals surface area contributed by atoms with E-state index in [0.29, 0.717) is 23.0 Å². The minimum Gasteiger partial charge on any atom is -0.395 e. The maximum absolute atomic E-state index is 13.0. The maximum Gasteiger partial charge on any atom is 0.280 e. The number of nitrogens with zero attached hydrogens (tertiary/aromatic N) is 4. The number of hydrogen-bond acceptors (Lipinski definition) is 10. The summed E-state index contributed by atoms with van der Waals surface area (Å²) in [6, 6.07) is 11.0. The fourth-order valence-electron chi connectivity index (χ4n) is 2.83. The first-order chi connectivity index (χ1) is 16.8. The summed E-state index contributed by atoms with van der Waals surface area (Å²) >= 11 is 1.25. The zero-order chi connectivity index (χ0) is 25.3. The third kappa shape index (κ3) is 7.13. The number of oxime groups is 1. The summed E-state index contributed by atoms with van der Waals surface area (Å²) in [5.41, 5.74) is 0.881. The van der Waals surface area contributed by atoms with Gasteiger partial charge in [-0.3, -0.25) is 15.1 Å². The maximum atomic E-state index is 13.0. The van der Waals surface area contributed by atoms with Crippen molar-refractivity contribution in [1.82, 2.24) is 14.3 Å². The van der Waals surface area contributed by atoms with Crippen LogP contribution in [0.4, 0.5) is 5.13 Å². The Hall–Kier alpha value is -3.23. The molecule has 11 nitrogen and oxygen atoms in total. The van der Waals surface area contributed by atoms with Crippen LogP contribution in [0.1, 0.15) is 16.1 Å². The molecule has 1 aromatic carbocycles. The first-order valence-electron chi connectivity index (χ1n) is 10.4. The Bertz CT molecular complexity index is 1250. The number of sulfonamides is 1. The number of likely N-dealkylation sites (N-methyl/N-ethyl adjacent to an activating group) is 1. The van der Waals surface area contributed by atoms with Gasteiger partial charge in [-0.15, -0.1) is 0 Å². The number of aliphatic hydroxyl groups is 1. The van der Waals surface area contributed by atoms with Gasteiger partial charge in [0.05, 0.1) is 28.7 Å². The Kier molecular flexibility index (Phi) is 9.39. The number of amides is 1. The smallest absolute Gasteiger partial charge is 0.280 e. The number of benzene rings is 1. The molecule has 0 aliphatic heterocycles. The van der Waals surface area contributed by atoms with Gasteiger partial charge in [0.15, 0.2) is 17.5 Å². The molecule has 2 aromatic heterocycles. The van der Waals surface area contributed by atoms with Crippen LogP contribution < -0.4 is 5.32 Å². The molecule has 3 aromatic rings. The third-order valence-corrected chi connectivity index (χ3v) is 7.38. The number of aliphatic hydroxyl groups excluding tert-OH is 1. The molecule has 0 atom stereocenters. The van der Waals surface area contributed by atoms with E-state index in [4.69, 9.17) is 14.7 Å². The van der Waals surface area contributed by atoms with Gasteiger partial charge in [-0.05, 0) is 24.3 Å². The molecule has 2 N–H and O–H groups in total. The highest BCUT2D eigenvalue weighted by atomic mass is 32.2. The van der Waals surface area contributed by atoms with Gasteiger partial charge in [0.1, 0.15) is 0 Å². The number of pyridine rings is 1. The van der Waals surface area contributed by atoms with Crippen LogP contribution in [0, 0.1) is 0 Å². The number of aromatic nitrogens is 2. The lowest BCUT2D eigenvalue weighted by molar-refractivity contribution is -0.110. The average Bonchev–Trinajstić information content (AvgIpc) is 3.29. The van der Waals surface area contributed by atoms with Crippen LogP contribution in [0.3, 0.4) is 0 Å². The van der Waals surface area contributed by atoms with E-state index in [9.17, 15) is 13.2 Å². The van der Waals surface area contributed by atoms with Gasteiger partial charge in [0, 0.05) is 38.7 Å². The minimum atomic E-state index is -3.79. The van der Waals surface area contributed by atoms with Crippen molar-refractivity contribution in [3.05, 3.63) is 71.0 Å². The van der Waals surface area contributed by atoms with Gasteiger partial charge < -0.3 is 14.7 Å². The molecule has 186 valence electrons. The number of methoxy groups -OCH3 is 1. The van der Waals surface area contributed by atoms with Crippen LogP contribution in [0.15, 0.2) is 64.9 Å². The largest absolute Gasteiger partial charge is 0.395 e. The fourth-order valence-corrected chi connectivity index (χ4v) is 4.77. The highest BCUT2D eigenvalue weighted by Gasteiger charge is 2.22. The fraction of sp³-hybridized carbons (Fsp3) is 0.273. The van der Waals surface area contributed by atoms with Crippen LogP contribution in [0.25, 0.3) is 0 Å². The second-order valence-electron chi connectivity index (χ2n) is 7.13. The van der Waals surface area contributed by atoms with E-state index in [1.165, 1.54) is 42.6 Å². The van der Waals surface area contributed by atoms with Crippen molar-refractivity contribution < 1.29 is 27.9 Å². The Balaban J connectivity index is 1.85. The Labute approximate surface area is 207 Å². The second kappa shape index (κ2) is 12.5. The van der Waals surface area contributed by atoms with Crippen molar-refractivity contribution in [3.8, 4) is 0 Å². The quantitative estimate of drug-likeness (QED) is 0.273. The molecule has 0 spiro atoms. The van der Waals surface area contributed by atoms with Crippen LogP contribution in [0.2, 0.25) is 0 Å². The van der Waals surface area contributed by atoms with Gasteiger partial charge in [0.25, 0.3) is 5.91 Å². The van der Waals surface area contributed by atoms with Gasteiger partial charge in [0.2, 0.25) is 10.0 Å². The third-order valence-electron chi connectivity index (χ3n) is 4.62. The molecule has 0 aliphatic rings. The summed E-state index contributed by atoms with van der Waals surface area (Å²) in [7, 11) is -0.860. The summed E-state index contributed by atoms with van der Waals surface area (Å²) in [6.07, 6.45) is 3.21. The molecular weight excluding hydrogens is 494 g/mol. The monoisotopic (exact) mass is 519 g/mol. The normalized spacial score (nSPS) is 12.1. The molecule has 0 saturated heterocycles. The molecule has 1 amide bonds. The van der Waals surface area contributed by atoms with Gasteiger partial charge in [-0.1, -0.05) is 34.7 Å². The van der Waals surface area contributed by atoms with Crippen LogP contribution in [-0.2, 0) is 37.6 Å². The summed E-state index contributed by atoms with van der Waals surface area (Å²) in [4.78, 5) is 27.6. The number of rotatable bonds is 12. The Morgan fingerprint density at radius 2 is 1.94 bits per heavy atom. The van der Waals surface area contributed by atoms with Crippen molar-refractivity contribution in [3.63, 3.8) is 0 Å². The molecule has 13 heteroatoms. The first-order valence-corrected chi connectivity index (χ1v) is 12.6. The van der Waals surface area contributed by atoms with E-state index in [-0.39, 0.29) is 30.4 Å². The summed E-state index contributed by atoms with van der Waals surface area (Å²) in [5, 5.41) is 16.1. The summed E-state index contributed by atoms with van der Waals surface area (Å²) in [5.74, 6) is -0.586. The summed E-state index contributed by atoms with van der Waals surface area (Å²) < 4.78 is 31.4. The SMILES string of the molecule is COCc1cnc(NC(=O)/C(=N/OCc2ccccn2)c2ccc(S(=O)(=O)N(C)CCO)cc2)s1. The Morgan fingerprint density at radius 1 is 1.17 bits per heavy atom. The lowest BCUT2D eigenvalue weighted by atomic mass is 10.1. The minimum absolute atomic E-state index is 0.00972. The number of nitrogens with one attached hydrogen (secondary N) is 1. The number of ether oxygens (including phenoxy) is 1. The predicted octanol–water partition coefficient (Wildman–Crippen LogP) is 1.86.